The molecule has 0 aromatic heterocycles. The van der Waals surface area contributed by atoms with Gasteiger partial charge in [0.1, 0.15) is 0 Å². The van der Waals surface area contributed by atoms with Crippen molar-refractivity contribution in [3.05, 3.63) is 72.7 Å². The Bertz CT molecular complexity index is 290. The van der Waals surface area contributed by atoms with Gasteiger partial charge in [0, 0.05) is 10.7 Å². The monoisotopic (exact) mass is 218 g/mol. The molecule has 0 aliphatic carbocycles. The minimum atomic E-state index is 0.975. The van der Waals surface area contributed by atoms with E-state index < -0.39 is 0 Å². The number of hydrogen-bond acceptors (Lipinski definition) is 1. The van der Waals surface area contributed by atoms with E-state index in [1.54, 1.807) is 23.9 Å². The molecule has 0 fully saturated rings. The molecule has 0 spiro atoms. The molecule has 0 saturated heterocycles. The standard InChI is InChI=1S/C14H18S/c1-4-7-9-10-11-13-15-14(6-3)12-8-5-2/h4-12H,1-2,13H2,3H3/b9-7-,11-10-,12-8-,14-6+. The highest BCUT2D eigenvalue weighted by atomic mass is 32.2. The fourth-order valence-electron chi connectivity index (χ4n) is 0.812. The lowest BCUT2D eigenvalue weighted by Crippen LogP contribution is -1.73. The molecule has 0 nitrogen and oxygen atoms in total. The lowest BCUT2D eigenvalue weighted by Gasteiger charge is -1.96. The highest BCUT2D eigenvalue weighted by Gasteiger charge is 1.87. The third-order valence-electron chi connectivity index (χ3n) is 1.52. The quantitative estimate of drug-likeness (QED) is 0.560. The molecule has 0 aromatic carbocycles. The summed E-state index contributed by atoms with van der Waals surface area (Å²) in [5.74, 6) is 0.975. The van der Waals surface area contributed by atoms with E-state index in [9.17, 15) is 0 Å². The zero-order valence-electron chi connectivity index (χ0n) is 9.23. The molecule has 80 valence electrons. The molecule has 0 amide bonds. The van der Waals surface area contributed by atoms with E-state index >= 15 is 0 Å². The molecule has 0 rings (SSSR count). The predicted octanol–water partition coefficient (Wildman–Crippen LogP) is 4.66. The van der Waals surface area contributed by atoms with E-state index in [0.29, 0.717) is 0 Å². The van der Waals surface area contributed by atoms with Gasteiger partial charge in [-0.1, -0.05) is 61.8 Å². The number of hydrogen-bond donors (Lipinski definition) is 0. The van der Waals surface area contributed by atoms with E-state index in [2.05, 4.69) is 31.4 Å². The van der Waals surface area contributed by atoms with Gasteiger partial charge in [-0.3, -0.25) is 0 Å². The van der Waals surface area contributed by atoms with Crippen molar-refractivity contribution in [2.75, 3.05) is 5.75 Å². The predicted molar refractivity (Wildman–Crippen MR) is 74.0 cm³/mol. The second-order valence-electron chi connectivity index (χ2n) is 2.65. The summed E-state index contributed by atoms with van der Waals surface area (Å²) in [6.07, 6.45) is 17.7. The second-order valence-corrected chi connectivity index (χ2v) is 3.74. The largest absolute Gasteiger partial charge is 0.122 e. The van der Waals surface area contributed by atoms with Crippen molar-refractivity contribution in [1.29, 1.82) is 0 Å². The number of allylic oxidation sites excluding steroid dienone is 8. The summed E-state index contributed by atoms with van der Waals surface area (Å²) >= 11 is 1.80. The molecule has 0 N–H and O–H groups in total. The SMILES string of the molecule is C=C/C=C\C=C/CSC(/C=C\C=C)=C/C. The van der Waals surface area contributed by atoms with Gasteiger partial charge < -0.3 is 0 Å². The molecule has 0 unspecified atom stereocenters. The molecular weight excluding hydrogens is 200 g/mol. The molecule has 0 heterocycles. The average Bonchev–Trinajstić information content (AvgIpc) is 2.27. The maximum absolute atomic E-state index is 3.64. The summed E-state index contributed by atoms with van der Waals surface area (Å²) in [5, 5.41) is 0. The minimum absolute atomic E-state index is 0.975. The highest BCUT2D eigenvalue weighted by Crippen LogP contribution is 2.16. The van der Waals surface area contributed by atoms with Crippen LogP contribution in [0.1, 0.15) is 6.92 Å². The van der Waals surface area contributed by atoms with Gasteiger partial charge in [0.2, 0.25) is 0 Å². The minimum Gasteiger partial charge on any atom is -0.122 e. The van der Waals surface area contributed by atoms with Crippen molar-refractivity contribution in [2.24, 2.45) is 0 Å². The molecular formula is C14H18S. The number of thioether (sulfide) groups is 1. The van der Waals surface area contributed by atoms with Crippen LogP contribution in [0.4, 0.5) is 0 Å². The van der Waals surface area contributed by atoms with Crippen molar-refractivity contribution in [3.8, 4) is 0 Å². The van der Waals surface area contributed by atoms with Gasteiger partial charge in [0.05, 0.1) is 0 Å². The molecule has 0 atom stereocenters. The lowest BCUT2D eigenvalue weighted by atomic mass is 10.4. The Morgan fingerprint density at radius 1 is 1.07 bits per heavy atom. The molecule has 15 heavy (non-hydrogen) atoms. The van der Waals surface area contributed by atoms with Crippen LogP contribution in [-0.4, -0.2) is 5.75 Å². The molecule has 0 aliphatic rings. The zero-order valence-corrected chi connectivity index (χ0v) is 10.0. The van der Waals surface area contributed by atoms with Gasteiger partial charge in [-0.05, 0) is 13.0 Å². The van der Waals surface area contributed by atoms with E-state index in [0.717, 1.165) is 5.75 Å². The summed E-state index contributed by atoms with van der Waals surface area (Å²) < 4.78 is 0. The van der Waals surface area contributed by atoms with Crippen LogP contribution >= 0.6 is 11.8 Å². The third kappa shape index (κ3) is 9.10. The first kappa shape index (κ1) is 13.8. The Morgan fingerprint density at radius 3 is 2.40 bits per heavy atom. The average molecular weight is 218 g/mol. The van der Waals surface area contributed by atoms with E-state index in [4.69, 9.17) is 0 Å². The maximum Gasteiger partial charge on any atom is 0.0163 e. The van der Waals surface area contributed by atoms with E-state index in [-0.39, 0.29) is 0 Å². The highest BCUT2D eigenvalue weighted by molar-refractivity contribution is 8.03. The molecule has 1 heteroatoms. The van der Waals surface area contributed by atoms with Gasteiger partial charge in [-0.15, -0.1) is 11.8 Å². The molecule has 0 radical (unpaired) electrons. The summed E-state index contributed by atoms with van der Waals surface area (Å²) in [6, 6.07) is 0. The second kappa shape index (κ2) is 10.9. The van der Waals surface area contributed by atoms with Crippen molar-refractivity contribution in [1.82, 2.24) is 0 Å². The van der Waals surface area contributed by atoms with Crippen molar-refractivity contribution in [2.45, 2.75) is 6.92 Å². The van der Waals surface area contributed by atoms with Crippen molar-refractivity contribution >= 4 is 11.8 Å². The zero-order chi connectivity index (χ0) is 11.4. The van der Waals surface area contributed by atoms with Crippen LogP contribution in [0.5, 0.6) is 0 Å². The summed E-state index contributed by atoms with van der Waals surface area (Å²) in [4.78, 5) is 1.26. The van der Waals surface area contributed by atoms with Crippen LogP contribution in [-0.2, 0) is 0 Å². The van der Waals surface area contributed by atoms with Crippen molar-refractivity contribution < 1.29 is 0 Å². The van der Waals surface area contributed by atoms with Gasteiger partial charge in [0.25, 0.3) is 0 Å². The van der Waals surface area contributed by atoms with Crippen LogP contribution < -0.4 is 0 Å². The first-order valence-electron chi connectivity index (χ1n) is 4.87. The summed E-state index contributed by atoms with van der Waals surface area (Å²) in [7, 11) is 0. The van der Waals surface area contributed by atoms with Crippen LogP contribution in [0.25, 0.3) is 0 Å². The molecule has 0 saturated carbocycles. The van der Waals surface area contributed by atoms with E-state index in [1.807, 2.05) is 31.2 Å². The Kier molecular flexibility index (Phi) is 9.99. The molecule has 0 aliphatic heterocycles. The first-order chi connectivity index (χ1) is 7.35. The van der Waals surface area contributed by atoms with Crippen LogP contribution in [0.3, 0.4) is 0 Å². The fraction of sp³-hybridized carbons (Fsp3) is 0.143. The normalized spacial score (nSPS) is 13.0. The Hall–Kier alpha value is -1.21. The van der Waals surface area contributed by atoms with Crippen LogP contribution in [0, 0.1) is 0 Å². The van der Waals surface area contributed by atoms with Crippen LogP contribution in [0.2, 0.25) is 0 Å². The Labute approximate surface area is 97.5 Å². The number of rotatable bonds is 7. The van der Waals surface area contributed by atoms with Crippen molar-refractivity contribution in [3.63, 3.8) is 0 Å². The van der Waals surface area contributed by atoms with Gasteiger partial charge in [-0.25, -0.2) is 0 Å². The smallest absolute Gasteiger partial charge is 0.0163 e. The van der Waals surface area contributed by atoms with Gasteiger partial charge in [-0.2, -0.15) is 0 Å². The molecule has 0 bridgehead atoms. The first-order valence-corrected chi connectivity index (χ1v) is 5.86. The maximum atomic E-state index is 3.64. The lowest BCUT2D eigenvalue weighted by molar-refractivity contribution is 1.68. The fourth-order valence-corrected chi connectivity index (χ4v) is 1.55. The Balaban J connectivity index is 3.87. The van der Waals surface area contributed by atoms with Crippen LogP contribution in [0.15, 0.2) is 72.7 Å². The van der Waals surface area contributed by atoms with Gasteiger partial charge >= 0.3 is 0 Å². The molecule has 0 aromatic rings. The van der Waals surface area contributed by atoms with E-state index in [1.165, 1.54) is 4.91 Å². The summed E-state index contributed by atoms with van der Waals surface area (Å²) in [6.45, 7) is 9.28. The van der Waals surface area contributed by atoms with Gasteiger partial charge in [0.15, 0.2) is 0 Å². The Morgan fingerprint density at radius 2 is 1.80 bits per heavy atom. The topological polar surface area (TPSA) is 0 Å². The third-order valence-corrected chi connectivity index (χ3v) is 2.59. The summed E-state index contributed by atoms with van der Waals surface area (Å²) in [5.41, 5.74) is 0.